The molecule has 1 atom stereocenters. The molecule has 1 saturated heterocycles. The first-order valence-corrected chi connectivity index (χ1v) is 9.48. The molecule has 1 aromatic heterocycles. The summed E-state index contributed by atoms with van der Waals surface area (Å²) in [6, 6.07) is 6.55. The number of carbonyl (C=O) groups excluding carboxylic acids is 2. The number of amides is 2. The Balaban J connectivity index is 1.92. The van der Waals surface area contributed by atoms with Gasteiger partial charge in [-0.2, -0.15) is 13.2 Å². The molecule has 0 spiro atoms. The predicted molar refractivity (Wildman–Crippen MR) is 102 cm³/mol. The van der Waals surface area contributed by atoms with Crippen LogP contribution in [0, 0.1) is 0 Å². The van der Waals surface area contributed by atoms with Crippen LogP contribution in [0.3, 0.4) is 0 Å². The molecular formula is C19H16Cl2F3N3O2. The minimum absolute atomic E-state index is 0.0318. The molecule has 2 amide bonds. The lowest BCUT2D eigenvalue weighted by atomic mass is 10.0. The smallest absolute Gasteiger partial charge is 0.342 e. The van der Waals surface area contributed by atoms with Crippen LogP contribution in [0.5, 0.6) is 0 Å². The fourth-order valence-corrected chi connectivity index (χ4v) is 3.43. The van der Waals surface area contributed by atoms with Gasteiger partial charge in [0.1, 0.15) is 10.8 Å². The van der Waals surface area contributed by atoms with E-state index in [2.05, 4.69) is 10.3 Å². The van der Waals surface area contributed by atoms with Gasteiger partial charge in [-0.25, -0.2) is 4.98 Å². The minimum atomic E-state index is -4.54. The minimum Gasteiger partial charge on any atom is -0.342 e. The van der Waals surface area contributed by atoms with E-state index in [0.717, 1.165) is 12.1 Å². The lowest BCUT2D eigenvalue weighted by Crippen LogP contribution is -2.39. The van der Waals surface area contributed by atoms with Gasteiger partial charge >= 0.3 is 6.18 Å². The Morgan fingerprint density at radius 3 is 2.66 bits per heavy atom. The monoisotopic (exact) mass is 445 g/mol. The van der Waals surface area contributed by atoms with Gasteiger partial charge in [-0.15, -0.1) is 0 Å². The van der Waals surface area contributed by atoms with E-state index in [-0.39, 0.29) is 33.9 Å². The summed E-state index contributed by atoms with van der Waals surface area (Å²) in [6.07, 6.45) is -3.51. The van der Waals surface area contributed by atoms with Gasteiger partial charge in [0.25, 0.3) is 5.91 Å². The average molecular weight is 446 g/mol. The van der Waals surface area contributed by atoms with E-state index in [1.54, 1.807) is 0 Å². The summed E-state index contributed by atoms with van der Waals surface area (Å²) in [5.41, 5.74) is -0.782. The quantitative estimate of drug-likeness (QED) is 0.689. The second kappa shape index (κ2) is 8.59. The first-order valence-electron chi connectivity index (χ1n) is 8.73. The van der Waals surface area contributed by atoms with Crippen LogP contribution in [0.4, 0.5) is 13.2 Å². The maximum absolute atomic E-state index is 13.1. The van der Waals surface area contributed by atoms with Gasteiger partial charge < -0.3 is 10.2 Å². The van der Waals surface area contributed by atoms with Crippen LogP contribution in [0.25, 0.3) is 0 Å². The molecule has 10 heteroatoms. The first kappa shape index (κ1) is 21.4. The highest BCUT2D eigenvalue weighted by Gasteiger charge is 2.32. The summed E-state index contributed by atoms with van der Waals surface area (Å²) in [5.74, 6) is -0.818. The first-order chi connectivity index (χ1) is 13.6. The molecule has 1 unspecified atom stereocenters. The molecule has 1 aliphatic rings. The van der Waals surface area contributed by atoms with Gasteiger partial charge in [-0.05, 0) is 36.2 Å². The van der Waals surface area contributed by atoms with Crippen LogP contribution >= 0.6 is 23.2 Å². The van der Waals surface area contributed by atoms with E-state index in [9.17, 15) is 22.8 Å². The zero-order valence-electron chi connectivity index (χ0n) is 15.0. The lowest BCUT2D eigenvalue weighted by molar-refractivity contribution is -0.137. The molecule has 1 aromatic carbocycles. The second-order valence-corrected chi connectivity index (χ2v) is 7.35. The van der Waals surface area contributed by atoms with Crippen LogP contribution in [0.1, 0.15) is 40.5 Å². The Hall–Kier alpha value is -2.32. The van der Waals surface area contributed by atoms with Crippen LogP contribution < -0.4 is 5.32 Å². The largest absolute Gasteiger partial charge is 0.416 e. The molecule has 0 aliphatic carbocycles. The Bertz CT molecular complexity index is 937. The van der Waals surface area contributed by atoms with Gasteiger partial charge in [0.05, 0.1) is 16.6 Å². The molecule has 5 nitrogen and oxygen atoms in total. The number of hydrogen-bond donors (Lipinski definition) is 1. The number of aromatic nitrogens is 1. The van der Waals surface area contributed by atoms with E-state index in [0.29, 0.717) is 19.4 Å². The van der Waals surface area contributed by atoms with Crippen molar-refractivity contribution >= 4 is 35.0 Å². The molecule has 0 radical (unpaired) electrons. The number of likely N-dealkylation sites (tertiary alicyclic amines) is 1. The number of halogens is 5. The van der Waals surface area contributed by atoms with Crippen molar-refractivity contribution in [3.63, 3.8) is 0 Å². The Morgan fingerprint density at radius 1 is 1.24 bits per heavy atom. The number of carbonyl (C=O) groups is 2. The van der Waals surface area contributed by atoms with E-state index in [1.165, 1.54) is 29.2 Å². The maximum atomic E-state index is 13.1. The fourth-order valence-electron chi connectivity index (χ4n) is 3.09. The lowest BCUT2D eigenvalue weighted by Gasteiger charge is -2.26. The zero-order valence-corrected chi connectivity index (χ0v) is 16.5. The number of benzene rings is 1. The third-order valence-electron chi connectivity index (χ3n) is 4.52. The van der Waals surface area contributed by atoms with Gasteiger partial charge in [0.2, 0.25) is 5.91 Å². The summed E-state index contributed by atoms with van der Waals surface area (Å²) in [5, 5.41) is 2.73. The molecule has 1 N–H and O–H groups in total. The van der Waals surface area contributed by atoms with Crippen molar-refractivity contribution in [3.05, 3.63) is 63.4 Å². The number of nitrogens with one attached hydrogen (secondary N) is 1. The Kier molecular flexibility index (Phi) is 6.33. The molecule has 1 fully saturated rings. The summed E-state index contributed by atoms with van der Waals surface area (Å²) in [4.78, 5) is 30.1. The number of hydrogen-bond acceptors (Lipinski definition) is 3. The van der Waals surface area contributed by atoms with Crippen molar-refractivity contribution in [2.75, 3.05) is 13.1 Å². The Labute approximate surface area is 174 Å². The number of nitrogens with zero attached hydrogens (tertiary/aromatic N) is 2. The number of pyridine rings is 1. The van der Waals surface area contributed by atoms with Crippen LogP contribution in [-0.4, -0.2) is 34.8 Å². The second-order valence-electron chi connectivity index (χ2n) is 6.56. The van der Waals surface area contributed by atoms with Crippen LogP contribution in [0.15, 0.2) is 36.4 Å². The molecule has 0 bridgehead atoms. The molecule has 29 heavy (non-hydrogen) atoms. The molecular weight excluding hydrogens is 430 g/mol. The van der Waals surface area contributed by atoms with E-state index in [4.69, 9.17) is 23.2 Å². The average Bonchev–Trinajstić information content (AvgIpc) is 3.07. The highest BCUT2D eigenvalue weighted by atomic mass is 35.5. The topological polar surface area (TPSA) is 62.3 Å². The normalized spacial score (nSPS) is 15.5. The maximum Gasteiger partial charge on any atom is 0.416 e. The number of rotatable bonds is 5. The third kappa shape index (κ3) is 5.19. The Morgan fingerprint density at radius 2 is 2.00 bits per heavy atom. The van der Waals surface area contributed by atoms with Crippen LogP contribution in [-0.2, 0) is 11.0 Å². The van der Waals surface area contributed by atoms with Gasteiger partial charge in [-0.1, -0.05) is 35.3 Å². The highest BCUT2D eigenvalue weighted by molar-refractivity contribution is 6.34. The van der Waals surface area contributed by atoms with Crippen LogP contribution in [0.2, 0.25) is 10.2 Å². The summed E-state index contributed by atoms with van der Waals surface area (Å²) >= 11 is 11.8. The van der Waals surface area contributed by atoms with Crippen molar-refractivity contribution in [1.29, 1.82) is 0 Å². The van der Waals surface area contributed by atoms with Gasteiger partial charge in [-0.3, -0.25) is 9.59 Å². The van der Waals surface area contributed by atoms with E-state index < -0.39 is 23.7 Å². The SMILES string of the molecule is O=C(NC(CN1CCCC1=O)c1cccc(C(F)(F)F)c1)c1nc(Cl)ccc1Cl. The van der Waals surface area contributed by atoms with E-state index in [1.807, 2.05) is 0 Å². The molecule has 2 heterocycles. The summed E-state index contributed by atoms with van der Waals surface area (Å²) < 4.78 is 39.4. The molecule has 154 valence electrons. The summed E-state index contributed by atoms with van der Waals surface area (Å²) in [7, 11) is 0. The van der Waals surface area contributed by atoms with Crippen molar-refractivity contribution in [2.24, 2.45) is 0 Å². The summed E-state index contributed by atoms with van der Waals surface area (Å²) in [6.45, 7) is 0.504. The van der Waals surface area contributed by atoms with Crippen molar-refractivity contribution in [2.45, 2.75) is 25.1 Å². The third-order valence-corrected chi connectivity index (χ3v) is 5.04. The number of alkyl halides is 3. The van der Waals surface area contributed by atoms with Crippen molar-refractivity contribution in [3.8, 4) is 0 Å². The highest BCUT2D eigenvalue weighted by Crippen LogP contribution is 2.31. The van der Waals surface area contributed by atoms with Gasteiger partial charge in [0, 0.05) is 19.5 Å². The van der Waals surface area contributed by atoms with Crippen molar-refractivity contribution in [1.82, 2.24) is 15.2 Å². The predicted octanol–water partition coefficient (Wildman–Crippen LogP) is 4.50. The fraction of sp³-hybridized carbons (Fsp3) is 0.316. The molecule has 2 aromatic rings. The molecule has 1 aliphatic heterocycles. The van der Waals surface area contributed by atoms with E-state index >= 15 is 0 Å². The standard InChI is InChI=1S/C19H16Cl2F3N3O2/c20-13-6-7-15(21)26-17(13)18(29)25-14(10-27-8-2-5-16(27)28)11-3-1-4-12(9-11)19(22,23)24/h1,3-4,6-7,9,14H,2,5,8,10H2,(H,25,29). The molecule has 0 saturated carbocycles. The zero-order chi connectivity index (χ0) is 21.2. The van der Waals surface area contributed by atoms with Gasteiger partial charge in [0.15, 0.2) is 0 Å². The van der Waals surface area contributed by atoms with Crippen molar-refractivity contribution < 1.29 is 22.8 Å². The molecule has 3 rings (SSSR count).